The molecule has 11 heteroatoms. The number of amides is 1. The van der Waals surface area contributed by atoms with Crippen LogP contribution in [0.5, 0.6) is 11.5 Å². The van der Waals surface area contributed by atoms with Crippen molar-refractivity contribution >= 4 is 34.7 Å². The van der Waals surface area contributed by atoms with Gasteiger partial charge >= 0.3 is 11.9 Å². The number of nitrogens with zero attached hydrogens (tertiary/aromatic N) is 1. The number of esters is 1. The van der Waals surface area contributed by atoms with Gasteiger partial charge in [0.2, 0.25) is 0 Å². The van der Waals surface area contributed by atoms with Crippen molar-refractivity contribution in [3.05, 3.63) is 59.8 Å². The number of nitrogens with two attached hydrogens (primary N) is 2. The van der Waals surface area contributed by atoms with Crippen LogP contribution in [0.1, 0.15) is 33.6 Å². The molecule has 3 rings (SSSR count). The molecule has 0 saturated carbocycles. The van der Waals surface area contributed by atoms with Gasteiger partial charge in [0, 0.05) is 35.3 Å². The normalized spacial score (nSPS) is 11.5. The van der Waals surface area contributed by atoms with Crippen molar-refractivity contribution in [3.63, 3.8) is 0 Å². The lowest BCUT2D eigenvalue weighted by Gasteiger charge is -2.14. The van der Waals surface area contributed by atoms with Crippen molar-refractivity contribution < 1.29 is 29.3 Å². The number of aromatic nitrogens is 1. The summed E-state index contributed by atoms with van der Waals surface area (Å²) in [6.45, 7) is 0.250. The number of carbonyl (C=O) groups is 3. The first-order valence-electron chi connectivity index (χ1n) is 9.96. The van der Waals surface area contributed by atoms with Crippen LogP contribution in [-0.2, 0) is 4.79 Å². The highest BCUT2D eigenvalue weighted by Crippen LogP contribution is 2.24. The molecule has 0 aliphatic rings. The Morgan fingerprint density at radius 1 is 1.12 bits per heavy atom. The van der Waals surface area contributed by atoms with E-state index in [1.54, 1.807) is 6.07 Å². The zero-order chi connectivity index (χ0) is 24.0. The van der Waals surface area contributed by atoms with E-state index in [0.717, 1.165) is 0 Å². The Morgan fingerprint density at radius 2 is 1.85 bits per heavy atom. The summed E-state index contributed by atoms with van der Waals surface area (Å²) < 4.78 is 5.36. The predicted molar refractivity (Wildman–Crippen MR) is 120 cm³/mol. The number of carboxylic acid groups (broad SMARTS) is 1. The Kier molecular flexibility index (Phi) is 7.13. The molecule has 0 radical (unpaired) electrons. The summed E-state index contributed by atoms with van der Waals surface area (Å²) in [5.41, 5.74) is 11.5. The fourth-order valence-corrected chi connectivity index (χ4v) is 3.12. The van der Waals surface area contributed by atoms with E-state index in [0.29, 0.717) is 17.3 Å². The van der Waals surface area contributed by atoms with Crippen molar-refractivity contribution in [1.29, 1.82) is 0 Å². The molecule has 0 aliphatic carbocycles. The van der Waals surface area contributed by atoms with Crippen LogP contribution in [0.3, 0.4) is 0 Å². The highest BCUT2D eigenvalue weighted by molar-refractivity contribution is 6.05. The van der Waals surface area contributed by atoms with Gasteiger partial charge < -0.3 is 36.7 Å². The number of fused-ring (bicyclic) bond motifs is 1. The first-order chi connectivity index (χ1) is 15.7. The molecular formula is C22H23N5O6. The number of rotatable bonds is 9. The number of hydrogen-bond donors (Lipinski definition) is 6. The van der Waals surface area contributed by atoms with Gasteiger partial charge in [-0.3, -0.25) is 9.79 Å². The Balaban J connectivity index is 1.61. The molecule has 3 aromatic rings. The highest BCUT2D eigenvalue weighted by atomic mass is 16.5. The molecule has 0 saturated heterocycles. The second-order valence-corrected chi connectivity index (χ2v) is 7.16. The molecule has 11 nitrogen and oxygen atoms in total. The molecule has 0 spiro atoms. The predicted octanol–water partition coefficient (Wildman–Crippen LogP) is 1.33. The number of benzene rings is 2. The standard InChI is InChI=1S/C22H23N5O6/c23-22(24)25-9-1-2-17(20(30)31)27-19(29)12-3-6-14(7-4-12)33-21(32)16-11-26-18-10-13(28)5-8-15(16)18/h3-8,10-11,17,26,28H,1-2,9H2,(H,27,29)(H,30,31)(H4,23,24,25)/t17-/m1/s1. The number of nitrogens with one attached hydrogen (secondary N) is 2. The molecule has 0 aliphatic heterocycles. The SMILES string of the molecule is NC(N)=NCCC[C@@H](NC(=O)c1ccc(OC(=O)c2c[nH]c3cc(O)ccc23)cc1)C(=O)O. The average molecular weight is 453 g/mol. The van der Waals surface area contributed by atoms with E-state index in [1.807, 2.05) is 0 Å². The Labute approximate surface area is 188 Å². The summed E-state index contributed by atoms with van der Waals surface area (Å²) in [5.74, 6) is -2.19. The first-order valence-corrected chi connectivity index (χ1v) is 9.96. The van der Waals surface area contributed by atoms with Crippen LogP contribution in [0.2, 0.25) is 0 Å². The van der Waals surface area contributed by atoms with Crippen LogP contribution in [0.25, 0.3) is 10.9 Å². The van der Waals surface area contributed by atoms with E-state index in [4.69, 9.17) is 16.2 Å². The monoisotopic (exact) mass is 453 g/mol. The van der Waals surface area contributed by atoms with Gasteiger partial charge in [-0.2, -0.15) is 0 Å². The number of aliphatic carboxylic acids is 1. The minimum Gasteiger partial charge on any atom is -0.508 e. The number of phenolic OH excluding ortho intramolecular Hbond substituents is 1. The largest absolute Gasteiger partial charge is 0.508 e. The summed E-state index contributed by atoms with van der Waals surface area (Å²) in [6.07, 6.45) is 2.00. The number of aromatic amines is 1. The number of ether oxygens (including phenoxy) is 1. The van der Waals surface area contributed by atoms with Crippen LogP contribution in [0.4, 0.5) is 0 Å². The van der Waals surface area contributed by atoms with Crippen molar-refractivity contribution in [2.45, 2.75) is 18.9 Å². The smallest absolute Gasteiger partial charge is 0.345 e. The van der Waals surface area contributed by atoms with Crippen molar-refractivity contribution in [1.82, 2.24) is 10.3 Å². The van der Waals surface area contributed by atoms with Gasteiger partial charge in [-0.15, -0.1) is 0 Å². The number of carbonyl (C=O) groups excluding carboxylic acids is 2. The molecule has 8 N–H and O–H groups in total. The molecule has 172 valence electrons. The molecule has 0 unspecified atom stereocenters. The minimum absolute atomic E-state index is 0.0667. The lowest BCUT2D eigenvalue weighted by molar-refractivity contribution is -0.139. The van der Waals surface area contributed by atoms with E-state index in [9.17, 15) is 24.6 Å². The fraction of sp³-hybridized carbons (Fsp3) is 0.182. The van der Waals surface area contributed by atoms with Crippen molar-refractivity contribution in [3.8, 4) is 11.5 Å². The van der Waals surface area contributed by atoms with Crippen LogP contribution in [0, 0.1) is 0 Å². The van der Waals surface area contributed by atoms with Gasteiger partial charge in [-0.25, -0.2) is 9.59 Å². The second kappa shape index (κ2) is 10.2. The summed E-state index contributed by atoms with van der Waals surface area (Å²) in [6, 6.07) is 9.15. The molecule has 1 heterocycles. The first kappa shape index (κ1) is 23.1. The van der Waals surface area contributed by atoms with Gasteiger partial charge in [0.25, 0.3) is 5.91 Å². The van der Waals surface area contributed by atoms with Crippen LogP contribution < -0.4 is 21.5 Å². The van der Waals surface area contributed by atoms with Gasteiger partial charge in [0.15, 0.2) is 5.96 Å². The molecule has 0 fully saturated rings. The molecule has 1 aromatic heterocycles. The van der Waals surface area contributed by atoms with Gasteiger partial charge in [-0.1, -0.05) is 0 Å². The molecule has 33 heavy (non-hydrogen) atoms. The van der Waals surface area contributed by atoms with Crippen LogP contribution in [-0.4, -0.2) is 51.6 Å². The highest BCUT2D eigenvalue weighted by Gasteiger charge is 2.20. The quantitative estimate of drug-likeness (QED) is 0.0918. The van der Waals surface area contributed by atoms with E-state index in [-0.39, 0.29) is 41.6 Å². The fourth-order valence-electron chi connectivity index (χ4n) is 3.12. The number of carboxylic acids is 1. The molecule has 2 aromatic carbocycles. The molecule has 1 atom stereocenters. The number of aromatic hydroxyl groups is 1. The maximum absolute atomic E-state index is 12.5. The average Bonchev–Trinajstić information content (AvgIpc) is 3.19. The Morgan fingerprint density at radius 3 is 2.52 bits per heavy atom. The number of guanidine groups is 1. The zero-order valence-corrected chi connectivity index (χ0v) is 17.4. The maximum Gasteiger partial charge on any atom is 0.345 e. The minimum atomic E-state index is -1.18. The summed E-state index contributed by atoms with van der Waals surface area (Å²) in [5, 5.41) is 21.9. The molecular weight excluding hydrogens is 430 g/mol. The third kappa shape index (κ3) is 6.00. The van der Waals surface area contributed by atoms with Crippen LogP contribution >= 0.6 is 0 Å². The van der Waals surface area contributed by atoms with Crippen LogP contribution in [0.15, 0.2) is 53.7 Å². The molecule has 1 amide bonds. The number of hydrogen-bond acceptors (Lipinski definition) is 6. The van der Waals surface area contributed by atoms with E-state index < -0.39 is 23.9 Å². The lowest BCUT2D eigenvalue weighted by atomic mass is 10.1. The zero-order valence-electron chi connectivity index (χ0n) is 17.4. The Bertz CT molecular complexity index is 1200. The van der Waals surface area contributed by atoms with Crippen molar-refractivity contribution in [2.75, 3.05) is 6.54 Å². The maximum atomic E-state index is 12.5. The molecule has 0 bridgehead atoms. The Hall–Kier alpha value is -4.54. The van der Waals surface area contributed by atoms with Gasteiger partial charge in [0.1, 0.15) is 17.5 Å². The number of H-pyrrole nitrogens is 1. The van der Waals surface area contributed by atoms with E-state index in [2.05, 4.69) is 15.3 Å². The van der Waals surface area contributed by atoms with E-state index in [1.165, 1.54) is 42.6 Å². The topological polar surface area (TPSA) is 193 Å². The summed E-state index contributed by atoms with van der Waals surface area (Å²) in [7, 11) is 0. The summed E-state index contributed by atoms with van der Waals surface area (Å²) in [4.78, 5) is 43.0. The number of aliphatic imine (C=N–C) groups is 1. The third-order valence-corrected chi connectivity index (χ3v) is 4.76. The third-order valence-electron chi connectivity index (χ3n) is 4.76. The second-order valence-electron chi connectivity index (χ2n) is 7.16. The van der Waals surface area contributed by atoms with Gasteiger partial charge in [0.05, 0.1) is 5.56 Å². The van der Waals surface area contributed by atoms with Gasteiger partial charge in [-0.05, 0) is 49.2 Å². The van der Waals surface area contributed by atoms with Crippen molar-refractivity contribution in [2.24, 2.45) is 16.5 Å². The summed E-state index contributed by atoms with van der Waals surface area (Å²) >= 11 is 0. The van der Waals surface area contributed by atoms with E-state index >= 15 is 0 Å². The number of phenols is 1. The lowest BCUT2D eigenvalue weighted by Crippen LogP contribution is -2.40.